The number of carbonyl (C=O) groups is 3. The van der Waals surface area contributed by atoms with Crippen LogP contribution in [0.3, 0.4) is 0 Å². The van der Waals surface area contributed by atoms with E-state index in [4.69, 9.17) is 0 Å². The van der Waals surface area contributed by atoms with Crippen molar-refractivity contribution in [2.24, 2.45) is 0 Å². The summed E-state index contributed by atoms with van der Waals surface area (Å²) >= 11 is 0. The monoisotopic (exact) mass is 358 g/mol. The maximum absolute atomic E-state index is 12.5. The number of urea groups is 1. The van der Waals surface area contributed by atoms with Gasteiger partial charge in [0.2, 0.25) is 5.91 Å². The lowest BCUT2D eigenvalue weighted by molar-refractivity contribution is -0.134. The van der Waals surface area contributed by atoms with E-state index in [1.54, 1.807) is 0 Å². The zero-order valence-electron chi connectivity index (χ0n) is 14.2. The Bertz CT molecular complexity index is 508. The second-order valence-corrected chi connectivity index (χ2v) is 6.87. The molecular weight excluding hydrogens is 332 g/mol. The molecular formula is C16H27ClN4O3. The largest absolute Gasteiger partial charge is 0.338 e. The van der Waals surface area contributed by atoms with Crippen molar-refractivity contribution in [1.29, 1.82) is 0 Å². The Labute approximate surface area is 148 Å². The van der Waals surface area contributed by atoms with Crippen LogP contribution in [0.2, 0.25) is 0 Å². The summed E-state index contributed by atoms with van der Waals surface area (Å²) in [6.07, 6.45) is 5.63. The molecule has 1 saturated carbocycles. The summed E-state index contributed by atoms with van der Waals surface area (Å²) in [4.78, 5) is 40.2. The Balaban J connectivity index is 0.00000208. The average Bonchev–Trinajstić information content (AvgIpc) is 3.21. The number of amides is 4. The van der Waals surface area contributed by atoms with Crippen LogP contribution in [0.1, 0.15) is 44.9 Å². The standard InChI is InChI=1S/C16H26N4O3.ClH/c1-17-11-12-5-4-9-19(12)13(21)6-10-20-14(22)16(18-15(20)23)7-2-3-8-16;/h12,17H,2-11H2,1H3,(H,18,23);1H. The molecule has 1 unspecified atom stereocenters. The molecule has 24 heavy (non-hydrogen) atoms. The van der Waals surface area contributed by atoms with Gasteiger partial charge in [0.25, 0.3) is 5.91 Å². The zero-order valence-corrected chi connectivity index (χ0v) is 15.0. The van der Waals surface area contributed by atoms with Gasteiger partial charge >= 0.3 is 6.03 Å². The quantitative estimate of drug-likeness (QED) is 0.715. The van der Waals surface area contributed by atoms with E-state index in [9.17, 15) is 14.4 Å². The van der Waals surface area contributed by atoms with Crippen LogP contribution < -0.4 is 10.6 Å². The topological polar surface area (TPSA) is 81.8 Å². The van der Waals surface area contributed by atoms with Crippen LogP contribution in [0.15, 0.2) is 0 Å². The number of nitrogens with zero attached hydrogens (tertiary/aromatic N) is 2. The number of carbonyl (C=O) groups excluding carboxylic acids is 3. The van der Waals surface area contributed by atoms with Crippen molar-refractivity contribution in [1.82, 2.24) is 20.4 Å². The molecule has 1 atom stereocenters. The summed E-state index contributed by atoms with van der Waals surface area (Å²) in [6, 6.07) is -0.102. The molecule has 1 aliphatic carbocycles. The molecule has 3 rings (SSSR count). The molecule has 3 fully saturated rings. The Kier molecular flexibility index (Phi) is 6.09. The summed E-state index contributed by atoms with van der Waals surface area (Å²) in [5, 5.41) is 5.97. The highest BCUT2D eigenvalue weighted by Crippen LogP contribution is 2.35. The van der Waals surface area contributed by atoms with Gasteiger partial charge in [0.05, 0.1) is 0 Å². The minimum Gasteiger partial charge on any atom is -0.338 e. The number of rotatable bonds is 5. The van der Waals surface area contributed by atoms with Crippen molar-refractivity contribution in [2.75, 3.05) is 26.7 Å². The summed E-state index contributed by atoms with van der Waals surface area (Å²) in [5.74, 6) is -0.100. The fourth-order valence-corrected chi connectivity index (χ4v) is 4.16. The van der Waals surface area contributed by atoms with E-state index in [0.717, 1.165) is 51.6 Å². The molecule has 136 valence electrons. The molecule has 1 spiro atoms. The lowest BCUT2D eigenvalue weighted by atomic mass is 9.98. The van der Waals surface area contributed by atoms with Crippen molar-refractivity contribution in [3.8, 4) is 0 Å². The molecule has 2 N–H and O–H groups in total. The van der Waals surface area contributed by atoms with E-state index in [-0.39, 0.29) is 49.3 Å². The van der Waals surface area contributed by atoms with Crippen LogP contribution >= 0.6 is 12.4 Å². The SMILES string of the molecule is CNCC1CCCN1C(=O)CCN1C(=O)NC2(CCCC2)C1=O.Cl. The number of imide groups is 1. The number of likely N-dealkylation sites (tertiary alicyclic amines) is 1. The van der Waals surface area contributed by atoms with E-state index < -0.39 is 5.54 Å². The van der Waals surface area contributed by atoms with E-state index >= 15 is 0 Å². The Hall–Kier alpha value is -1.34. The Morgan fingerprint density at radius 2 is 2.00 bits per heavy atom. The van der Waals surface area contributed by atoms with Crippen LogP contribution in [0.25, 0.3) is 0 Å². The number of halogens is 1. The molecule has 8 heteroatoms. The first-order valence-corrected chi connectivity index (χ1v) is 8.65. The molecule has 2 saturated heterocycles. The maximum atomic E-state index is 12.5. The zero-order chi connectivity index (χ0) is 16.4. The molecule has 0 radical (unpaired) electrons. The van der Waals surface area contributed by atoms with Gasteiger partial charge in [-0.2, -0.15) is 0 Å². The number of hydrogen-bond donors (Lipinski definition) is 2. The van der Waals surface area contributed by atoms with Gasteiger partial charge < -0.3 is 15.5 Å². The molecule has 2 heterocycles. The van der Waals surface area contributed by atoms with Crippen LogP contribution in [-0.2, 0) is 9.59 Å². The fraction of sp³-hybridized carbons (Fsp3) is 0.812. The highest BCUT2D eigenvalue weighted by Gasteiger charge is 2.52. The summed E-state index contributed by atoms with van der Waals surface area (Å²) in [7, 11) is 1.88. The average molecular weight is 359 g/mol. The predicted molar refractivity (Wildman–Crippen MR) is 92.0 cm³/mol. The van der Waals surface area contributed by atoms with Gasteiger partial charge in [0.1, 0.15) is 5.54 Å². The van der Waals surface area contributed by atoms with Crippen molar-refractivity contribution in [3.05, 3.63) is 0 Å². The smallest absolute Gasteiger partial charge is 0.325 e. The first kappa shape index (κ1) is 19.0. The second kappa shape index (κ2) is 7.70. The molecule has 0 aromatic rings. The highest BCUT2D eigenvalue weighted by molar-refractivity contribution is 6.07. The molecule has 4 amide bonds. The summed E-state index contributed by atoms with van der Waals surface area (Å²) in [5.41, 5.74) is -0.678. The predicted octanol–water partition coefficient (Wildman–Crippen LogP) is 0.873. The normalized spacial score (nSPS) is 25.3. The minimum atomic E-state index is -0.678. The van der Waals surface area contributed by atoms with E-state index in [1.807, 2.05) is 11.9 Å². The van der Waals surface area contributed by atoms with Gasteiger partial charge in [-0.25, -0.2) is 4.79 Å². The lowest BCUT2D eigenvalue weighted by Crippen LogP contribution is -2.45. The van der Waals surface area contributed by atoms with Gasteiger partial charge in [0.15, 0.2) is 0 Å². The van der Waals surface area contributed by atoms with E-state index in [1.165, 1.54) is 4.90 Å². The van der Waals surface area contributed by atoms with Crippen molar-refractivity contribution in [2.45, 2.75) is 56.5 Å². The fourth-order valence-electron chi connectivity index (χ4n) is 4.16. The molecule has 0 bridgehead atoms. The van der Waals surface area contributed by atoms with E-state index in [0.29, 0.717) is 0 Å². The van der Waals surface area contributed by atoms with Crippen LogP contribution in [0, 0.1) is 0 Å². The van der Waals surface area contributed by atoms with Crippen molar-refractivity contribution < 1.29 is 14.4 Å². The first-order chi connectivity index (χ1) is 11.1. The first-order valence-electron chi connectivity index (χ1n) is 8.65. The van der Waals surface area contributed by atoms with Crippen LogP contribution in [0.4, 0.5) is 4.79 Å². The number of nitrogens with one attached hydrogen (secondary N) is 2. The van der Waals surface area contributed by atoms with Gasteiger partial charge in [0, 0.05) is 32.1 Å². The van der Waals surface area contributed by atoms with Gasteiger partial charge in [-0.3, -0.25) is 14.5 Å². The maximum Gasteiger partial charge on any atom is 0.325 e. The van der Waals surface area contributed by atoms with Gasteiger partial charge in [-0.05, 0) is 32.7 Å². The molecule has 3 aliphatic rings. The highest BCUT2D eigenvalue weighted by atomic mass is 35.5. The molecule has 7 nitrogen and oxygen atoms in total. The van der Waals surface area contributed by atoms with Crippen molar-refractivity contribution >= 4 is 30.3 Å². The van der Waals surface area contributed by atoms with Crippen LogP contribution in [-0.4, -0.2) is 65.9 Å². The summed E-state index contributed by atoms with van der Waals surface area (Å²) < 4.78 is 0. The Morgan fingerprint density at radius 1 is 1.29 bits per heavy atom. The number of likely N-dealkylation sites (N-methyl/N-ethyl adjacent to an activating group) is 1. The summed E-state index contributed by atoms with van der Waals surface area (Å²) in [6.45, 7) is 1.75. The second-order valence-electron chi connectivity index (χ2n) is 6.87. The van der Waals surface area contributed by atoms with Crippen molar-refractivity contribution in [3.63, 3.8) is 0 Å². The van der Waals surface area contributed by atoms with E-state index in [2.05, 4.69) is 10.6 Å². The third-order valence-electron chi connectivity index (χ3n) is 5.39. The van der Waals surface area contributed by atoms with Gasteiger partial charge in [-0.15, -0.1) is 12.4 Å². The third-order valence-corrected chi connectivity index (χ3v) is 5.39. The van der Waals surface area contributed by atoms with Crippen LogP contribution in [0.5, 0.6) is 0 Å². The third kappa shape index (κ3) is 3.37. The molecule has 2 aliphatic heterocycles. The van der Waals surface area contributed by atoms with Gasteiger partial charge in [-0.1, -0.05) is 12.8 Å². The minimum absolute atomic E-state index is 0. The molecule has 0 aromatic carbocycles. The number of hydrogen-bond acceptors (Lipinski definition) is 4. The molecule has 0 aromatic heterocycles. The Morgan fingerprint density at radius 3 is 2.67 bits per heavy atom. The lowest BCUT2D eigenvalue weighted by Gasteiger charge is -2.25.